The minimum Gasteiger partial charge on any atom is -0.480 e. The van der Waals surface area contributed by atoms with E-state index in [0.29, 0.717) is 40.6 Å². The van der Waals surface area contributed by atoms with Crippen LogP contribution >= 0.6 is 0 Å². The van der Waals surface area contributed by atoms with Gasteiger partial charge in [-0.2, -0.15) is 0 Å². The molecule has 0 saturated heterocycles. The molecule has 138 valence electrons. The van der Waals surface area contributed by atoms with Crippen molar-refractivity contribution in [2.75, 3.05) is 0 Å². The number of carbonyl (C=O) groups is 2. The third-order valence-electron chi connectivity index (χ3n) is 5.15. The fraction of sp³-hybridized carbons (Fsp3) is 0.579. The summed E-state index contributed by atoms with van der Waals surface area (Å²) in [5.41, 5.74) is 2.28. The summed E-state index contributed by atoms with van der Waals surface area (Å²) < 4.78 is 5.39. The molecular weight excluding hydrogens is 334 g/mol. The Balaban J connectivity index is 1.71. The van der Waals surface area contributed by atoms with Gasteiger partial charge in [0.2, 0.25) is 0 Å². The van der Waals surface area contributed by atoms with Crippen LogP contribution in [0.4, 0.5) is 0 Å². The number of hydrogen-bond acceptors (Lipinski definition) is 5. The predicted molar refractivity (Wildman–Crippen MR) is 94.1 cm³/mol. The van der Waals surface area contributed by atoms with E-state index >= 15 is 0 Å². The van der Waals surface area contributed by atoms with Gasteiger partial charge in [0, 0.05) is 11.6 Å². The molecule has 0 spiro atoms. The zero-order valence-corrected chi connectivity index (χ0v) is 15.0. The first-order valence-electron chi connectivity index (χ1n) is 9.28. The first-order chi connectivity index (χ1) is 12.4. The normalized spacial score (nSPS) is 18.3. The molecule has 2 aliphatic rings. The number of aromatic nitrogens is 2. The molecule has 2 aromatic heterocycles. The lowest BCUT2D eigenvalue weighted by atomic mass is 10.0. The molecule has 26 heavy (non-hydrogen) atoms. The number of amides is 1. The number of rotatable bonds is 7. The van der Waals surface area contributed by atoms with Crippen molar-refractivity contribution in [1.29, 1.82) is 0 Å². The van der Waals surface area contributed by atoms with E-state index in [1.54, 1.807) is 6.07 Å². The lowest BCUT2D eigenvalue weighted by Crippen LogP contribution is -2.41. The van der Waals surface area contributed by atoms with Crippen LogP contribution in [0, 0.1) is 5.92 Å². The first kappa shape index (κ1) is 17.0. The molecule has 2 heterocycles. The third kappa shape index (κ3) is 3.30. The minimum absolute atomic E-state index is 0.0677. The fourth-order valence-electron chi connectivity index (χ4n) is 3.30. The van der Waals surface area contributed by atoms with Crippen LogP contribution in [-0.2, 0) is 4.79 Å². The van der Waals surface area contributed by atoms with Crippen LogP contribution < -0.4 is 5.32 Å². The summed E-state index contributed by atoms with van der Waals surface area (Å²) in [6, 6.07) is 0.916. The van der Waals surface area contributed by atoms with Gasteiger partial charge in [0.15, 0.2) is 0 Å². The van der Waals surface area contributed by atoms with E-state index in [1.807, 2.05) is 13.8 Å². The Morgan fingerprint density at radius 3 is 2.62 bits per heavy atom. The van der Waals surface area contributed by atoms with Gasteiger partial charge in [0.25, 0.3) is 11.6 Å². The Kier molecular flexibility index (Phi) is 4.17. The van der Waals surface area contributed by atoms with Crippen molar-refractivity contribution in [1.82, 2.24) is 15.5 Å². The van der Waals surface area contributed by atoms with Gasteiger partial charge in [-0.05, 0) is 37.2 Å². The molecule has 1 amide bonds. The Bertz CT molecular complexity index is 865. The average molecular weight is 357 g/mol. The maximum atomic E-state index is 13.0. The molecule has 2 saturated carbocycles. The largest absolute Gasteiger partial charge is 0.480 e. The molecule has 4 rings (SSSR count). The highest BCUT2D eigenvalue weighted by molar-refractivity contribution is 6.07. The van der Waals surface area contributed by atoms with Crippen LogP contribution in [0.3, 0.4) is 0 Å². The second-order valence-corrected chi connectivity index (χ2v) is 7.81. The highest BCUT2D eigenvalue weighted by Gasteiger charge is 2.33. The van der Waals surface area contributed by atoms with Crippen LogP contribution in [0.2, 0.25) is 0 Å². The monoisotopic (exact) mass is 357 g/mol. The van der Waals surface area contributed by atoms with Crippen molar-refractivity contribution < 1.29 is 19.2 Å². The summed E-state index contributed by atoms with van der Waals surface area (Å²) in [6.07, 6.45) is 4.64. The summed E-state index contributed by atoms with van der Waals surface area (Å²) in [5.74, 6) is -0.569. The summed E-state index contributed by atoms with van der Waals surface area (Å²) in [4.78, 5) is 29.0. The SMILES string of the molecule is CC(C)c1noc2nc(C3CC3)cc(C(=O)NC(CC3CC3)C(=O)O)c12. The van der Waals surface area contributed by atoms with Gasteiger partial charge in [-0.1, -0.05) is 31.8 Å². The zero-order chi connectivity index (χ0) is 18.4. The number of nitrogens with one attached hydrogen (secondary N) is 1. The molecule has 2 fully saturated rings. The van der Waals surface area contributed by atoms with Crippen LogP contribution in [0.5, 0.6) is 0 Å². The minimum atomic E-state index is -0.993. The van der Waals surface area contributed by atoms with Gasteiger partial charge in [0.05, 0.1) is 16.6 Å². The number of nitrogens with zero attached hydrogens (tertiary/aromatic N) is 2. The molecule has 7 nitrogen and oxygen atoms in total. The fourth-order valence-corrected chi connectivity index (χ4v) is 3.30. The van der Waals surface area contributed by atoms with Crippen LogP contribution in [-0.4, -0.2) is 33.2 Å². The maximum absolute atomic E-state index is 13.0. The number of hydrogen-bond donors (Lipinski definition) is 2. The quantitative estimate of drug-likeness (QED) is 0.788. The molecule has 1 unspecified atom stereocenters. The van der Waals surface area contributed by atoms with Gasteiger partial charge in [0.1, 0.15) is 6.04 Å². The van der Waals surface area contributed by atoms with Crippen molar-refractivity contribution >= 4 is 23.0 Å². The number of aliphatic carboxylic acids is 1. The van der Waals surface area contributed by atoms with E-state index < -0.39 is 17.9 Å². The average Bonchev–Trinajstić information content (AvgIpc) is 3.51. The Morgan fingerprint density at radius 1 is 1.31 bits per heavy atom. The second kappa shape index (κ2) is 6.37. The number of fused-ring (bicyclic) bond motifs is 1. The van der Waals surface area contributed by atoms with Crippen LogP contribution in [0.25, 0.3) is 11.1 Å². The van der Waals surface area contributed by atoms with E-state index in [4.69, 9.17) is 4.52 Å². The third-order valence-corrected chi connectivity index (χ3v) is 5.15. The van der Waals surface area contributed by atoms with Crippen molar-refractivity contribution in [2.24, 2.45) is 5.92 Å². The second-order valence-electron chi connectivity index (χ2n) is 7.81. The molecule has 0 aromatic carbocycles. The number of carboxylic acid groups (broad SMARTS) is 1. The molecule has 0 radical (unpaired) electrons. The van der Waals surface area contributed by atoms with Crippen molar-refractivity contribution in [2.45, 2.75) is 63.8 Å². The van der Waals surface area contributed by atoms with E-state index in [9.17, 15) is 14.7 Å². The first-order valence-corrected chi connectivity index (χ1v) is 9.28. The highest BCUT2D eigenvalue weighted by Crippen LogP contribution is 2.41. The van der Waals surface area contributed by atoms with Crippen LogP contribution in [0.1, 0.15) is 79.5 Å². The van der Waals surface area contributed by atoms with Gasteiger partial charge in [-0.25, -0.2) is 9.78 Å². The van der Waals surface area contributed by atoms with Gasteiger partial charge < -0.3 is 14.9 Å². The molecule has 2 N–H and O–H groups in total. The maximum Gasteiger partial charge on any atom is 0.326 e. The Labute approximate surface area is 151 Å². The Morgan fingerprint density at radius 2 is 2.04 bits per heavy atom. The molecular formula is C19H23N3O4. The summed E-state index contributed by atoms with van der Waals surface area (Å²) in [5, 5.41) is 16.9. The topological polar surface area (TPSA) is 105 Å². The van der Waals surface area contributed by atoms with Gasteiger partial charge in [-0.3, -0.25) is 4.79 Å². The van der Waals surface area contributed by atoms with E-state index in [0.717, 1.165) is 31.4 Å². The lowest BCUT2D eigenvalue weighted by Gasteiger charge is -2.15. The lowest BCUT2D eigenvalue weighted by molar-refractivity contribution is -0.139. The highest BCUT2D eigenvalue weighted by atomic mass is 16.5. The van der Waals surface area contributed by atoms with Gasteiger partial charge in [-0.15, -0.1) is 0 Å². The summed E-state index contributed by atoms with van der Waals surface area (Å²) in [7, 11) is 0. The molecule has 2 aliphatic carbocycles. The number of pyridine rings is 1. The van der Waals surface area contributed by atoms with Crippen molar-refractivity contribution in [3.8, 4) is 0 Å². The van der Waals surface area contributed by atoms with E-state index in [1.165, 1.54) is 0 Å². The molecule has 0 aliphatic heterocycles. The summed E-state index contributed by atoms with van der Waals surface area (Å²) >= 11 is 0. The number of carbonyl (C=O) groups excluding carboxylic acids is 1. The Hall–Kier alpha value is -2.44. The molecule has 2 aromatic rings. The zero-order valence-electron chi connectivity index (χ0n) is 15.0. The number of carboxylic acids is 1. The van der Waals surface area contributed by atoms with Crippen molar-refractivity contribution in [3.63, 3.8) is 0 Å². The van der Waals surface area contributed by atoms with Crippen LogP contribution in [0.15, 0.2) is 10.6 Å². The molecule has 7 heteroatoms. The molecule has 0 bridgehead atoms. The standard InChI is InChI=1S/C19H23N3O4/c1-9(2)16-15-12(8-13(11-5-6-11)21-18(15)26-22-16)17(23)20-14(19(24)25)7-10-3-4-10/h8-11,14H,3-7H2,1-2H3,(H,20,23)(H,24,25). The smallest absolute Gasteiger partial charge is 0.326 e. The van der Waals surface area contributed by atoms with E-state index in [-0.39, 0.29) is 5.92 Å². The van der Waals surface area contributed by atoms with Crippen molar-refractivity contribution in [3.05, 3.63) is 23.0 Å². The molecule has 1 atom stereocenters. The predicted octanol–water partition coefficient (Wildman–Crippen LogP) is 3.21. The van der Waals surface area contributed by atoms with Gasteiger partial charge >= 0.3 is 5.97 Å². The van der Waals surface area contributed by atoms with E-state index in [2.05, 4.69) is 15.5 Å². The summed E-state index contributed by atoms with van der Waals surface area (Å²) in [6.45, 7) is 3.95.